The van der Waals surface area contributed by atoms with Crippen molar-refractivity contribution < 1.29 is 0 Å². The summed E-state index contributed by atoms with van der Waals surface area (Å²) in [5, 5.41) is 8.69. The van der Waals surface area contributed by atoms with Gasteiger partial charge in [0.25, 0.3) is 0 Å². The van der Waals surface area contributed by atoms with Crippen LogP contribution in [0.2, 0.25) is 0 Å². The maximum Gasteiger partial charge on any atom is 0.127 e. The van der Waals surface area contributed by atoms with Crippen LogP contribution in [0.15, 0.2) is 24.3 Å². The van der Waals surface area contributed by atoms with Gasteiger partial charge in [-0.1, -0.05) is 36.6 Å². The fourth-order valence-corrected chi connectivity index (χ4v) is 3.62. The molecule has 4 heteroatoms. The third-order valence-electron chi connectivity index (χ3n) is 4.81. The van der Waals surface area contributed by atoms with Crippen molar-refractivity contribution in [3.05, 3.63) is 24.3 Å². The molecule has 0 bridgehead atoms. The maximum absolute atomic E-state index is 4.40. The lowest BCUT2D eigenvalue weighted by Crippen LogP contribution is -2.30. The highest BCUT2D eigenvalue weighted by Crippen LogP contribution is 2.43. The quantitative estimate of drug-likeness (QED) is 0.775. The lowest BCUT2D eigenvalue weighted by Gasteiger charge is -2.26. The highest BCUT2D eigenvalue weighted by atomic mass is 15.6. The second-order valence-electron chi connectivity index (χ2n) is 6.13. The Morgan fingerprint density at radius 2 is 1.95 bits per heavy atom. The molecule has 100 valence electrons. The minimum atomic E-state index is 0.0537. The zero-order valence-corrected chi connectivity index (χ0v) is 11.4. The Bertz CT molecular complexity index is 599. The number of para-hydroxylation sites is 1. The Morgan fingerprint density at radius 3 is 2.79 bits per heavy atom. The number of hydrogen-bond donors (Lipinski definition) is 0. The first-order chi connectivity index (χ1) is 9.29. The van der Waals surface area contributed by atoms with Crippen LogP contribution in [0.3, 0.4) is 0 Å². The van der Waals surface area contributed by atoms with Crippen LogP contribution in [-0.2, 0) is 5.66 Å². The molecule has 1 aliphatic heterocycles. The predicted octanol–water partition coefficient (Wildman–Crippen LogP) is 2.75. The SMILES string of the molecule is CC1(n2nnc3ccccc32)CN1C1CCCCC1. The van der Waals surface area contributed by atoms with Crippen LogP contribution in [-0.4, -0.2) is 32.5 Å². The van der Waals surface area contributed by atoms with Crippen LogP contribution < -0.4 is 0 Å². The first-order valence-corrected chi connectivity index (χ1v) is 7.37. The van der Waals surface area contributed by atoms with Crippen LogP contribution in [0.4, 0.5) is 0 Å². The van der Waals surface area contributed by atoms with E-state index in [1.54, 1.807) is 0 Å². The molecule has 0 amide bonds. The van der Waals surface area contributed by atoms with Crippen molar-refractivity contribution in [3.8, 4) is 0 Å². The molecule has 4 nitrogen and oxygen atoms in total. The third kappa shape index (κ3) is 1.70. The molecule has 2 aliphatic rings. The smallest absolute Gasteiger partial charge is 0.127 e. The van der Waals surface area contributed by atoms with Gasteiger partial charge >= 0.3 is 0 Å². The number of rotatable bonds is 2. The van der Waals surface area contributed by atoms with Crippen LogP contribution in [0.25, 0.3) is 11.0 Å². The fraction of sp³-hybridized carbons (Fsp3) is 0.600. The first-order valence-electron chi connectivity index (χ1n) is 7.37. The number of hydrogen-bond acceptors (Lipinski definition) is 3. The molecule has 2 unspecified atom stereocenters. The maximum atomic E-state index is 4.40. The van der Waals surface area contributed by atoms with Crippen molar-refractivity contribution in [2.45, 2.75) is 50.7 Å². The molecule has 2 heterocycles. The molecule has 1 aromatic heterocycles. The molecule has 2 fully saturated rings. The number of benzene rings is 1. The summed E-state index contributed by atoms with van der Waals surface area (Å²) in [5.41, 5.74) is 2.21. The Kier molecular flexibility index (Phi) is 2.42. The van der Waals surface area contributed by atoms with E-state index in [0.29, 0.717) is 0 Å². The van der Waals surface area contributed by atoms with Crippen molar-refractivity contribution in [1.29, 1.82) is 0 Å². The van der Waals surface area contributed by atoms with E-state index in [2.05, 4.69) is 39.0 Å². The number of aromatic nitrogens is 3. The molecule has 1 aliphatic carbocycles. The largest absolute Gasteiger partial charge is 0.272 e. The zero-order valence-electron chi connectivity index (χ0n) is 11.4. The second kappa shape index (κ2) is 4.04. The monoisotopic (exact) mass is 256 g/mol. The summed E-state index contributed by atoms with van der Waals surface area (Å²) in [6.45, 7) is 3.41. The molecule has 0 N–H and O–H groups in total. The Balaban J connectivity index is 1.65. The fourth-order valence-electron chi connectivity index (χ4n) is 3.62. The Labute approximate surface area is 113 Å². The van der Waals surface area contributed by atoms with Crippen molar-refractivity contribution in [1.82, 2.24) is 19.9 Å². The molecule has 0 spiro atoms. The summed E-state index contributed by atoms with van der Waals surface area (Å²) in [4.78, 5) is 2.60. The molecule has 0 radical (unpaired) electrons. The summed E-state index contributed by atoms with van der Waals surface area (Å²) in [7, 11) is 0. The standard InChI is InChI=1S/C15H20N4/c1-15(11-18(15)12-7-3-2-4-8-12)19-14-10-6-5-9-13(14)16-17-19/h5-6,9-10,12H,2-4,7-8,11H2,1H3. The summed E-state index contributed by atoms with van der Waals surface area (Å²) >= 11 is 0. The number of fused-ring (bicyclic) bond motifs is 1. The van der Waals surface area contributed by atoms with Gasteiger partial charge in [0.2, 0.25) is 0 Å². The molecule has 1 saturated carbocycles. The van der Waals surface area contributed by atoms with Gasteiger partial charge in [-0.25, -0.2) is 4.68 Å². The van der Waals surface area contributed by atoms with Crippen LogP contribution >= 0.6 is 0 Å². The lowest BCUT2D eigenvalue weighted by atomic mass is 9.95. The van der Waals surface area contributed by atoms with Gasteiger partial charge in [0.05, 0.1) is 5.52 Å². The minimum Gasteiger partial charge on any atom is -0.272 e. The summed E-state index contributed by atoms with van der Waals surface area (Å²) in [6, 6.07) is 9.00. The van der Waals surface area contributed by atoms with Crippen LogP contribution in [0.5, 0.6) is 0 Å². The van der Waals surface area contributed by atoms with E-state index in [0.717, 1.165) is 23.6 Å². The van der Waals surface area contributed by atoms with Crippen LogP contribution in [0.1, 0.15) is 39.0 Å². The van der Waals surface area contributed by atoms with Gasteiger partial charge in [-0.05, 0) is 31.9 Å². The first kappa shape index (κ1) is 11.4. The zero-order chi connectivity index (χ0) is 12.9. The van der Waals surface area contributed by atoms with Gasteiger partial charge in [0, 0.05) is 12.6 Å². The van der Waals surface area contributed by atoms with Crippen molar-refractivity contribution in [3.63, 3.8) is 0 Å². The third-order valence-corrected chi connectivity index (χ3v) is 4.81. The molecule has 2 atom stereocenters. The van der Waals surface area contributed by atoms with E-state index in [1.165, 1.54) is 32.1 Å². The molecule has 4 rings (SSSR count). The normalized spacial score (nSPS) is 31.7. The minimum absolute atomic E-state index is 0.0537. The van der Waals surface area contributed by atoms with E-state index in [1.807, 2.05) is 12.1 Å². The van der Waals surface area contributed by atoms with Gasteiger partial charge < -0.3 is 0 Å². The average molecular weight is 256 g/mol. The van der Waals surface area contributed by atoms with Gasteiger partial charge in [-0.3, -0.25) is 4.90 Å². The highest BCUT2D eigenvalue weighted by Gasteiger charge is 2.54. The highest BCUT2D eigenvalue weighted by molar-refractivity contribution is 5.74. The summed E-state index contributed by atoms with van der Waals surface area (Å²) < 4.78 is 2.12. The topological polar surface area (TPSA) is 33.7 Å². The van der Waals surface area contributed by atoms with Crippen molar-refractivity contribution >= 4 is 11.0 Å². The number of nitrogens with zero attached hydrogens (tertiary/aromatic N) is 4. The Morgan fingerprint density at radius 1 is 1.16 bits per heavy atom. The summed E-state index contributed by atoms with van der Waals surface area (Å²) in [5.74, 6) is 0. The average Bonchev–Trinajstić information content (AvgIpc) is 2.97. The Hall–Kier alpha value is -1.42. The van der Waals surface area contributed by atoms with Crippen molar-refractivity contribution in [2.24, 2.45) is 0 Å². The molecular weight excluding hydrogens is 236 g/mol. The van der Waals surface area contributed by atoms with E-state index in [-0.39, 0.29) is 5.66 Å². The van der Waals surface area contributed by atoms with E-state index >= 15 is 0 Å². The predicted molar refractivity (Wildman–Crippen MR) is 74.8 cm³/mol. The molecule has 1 aromatic carbocycles. The van der Waals surface area contributed by atoms with Gasteiger partial charge in [0.1, 0.15) is 11.2 Å². The van der Waals surface area contributed by atoms with Crippen molar-refractivity contribution in [2.75, 3.05) is 6.54 Å². The molecule has 19 heavy (non-hydrogen) atoms. The van der Waals surface area contributed by atoms with Gasteiger partial charge in [-0.15, -0.1) is 5.10 Å². The molecule has 2 aromatic rings. The lowest BCUT2D eigenvalue weighted by molar-refractivity contribution is 0.212. The molecular formula is C15H20N4. The summed E-state index contributed by atoms with van der Waals surface area (Å²) in [6.07, 6.45) is 6.88. The van der Waals surface area contributed by atoms with E-state index in [9.17, 15) is 0 Å². The van der Waals surface area contributed by atoms with E-state index < -0.39 is 0 Å². The van der Waals surface area contributed by atoms with Gasteiger partial charge in [-0.2, -0.15) is 0 Å². The second-order valence-corrected chi connectivity index (χ2v) is 6.13. The van der Waals surface area contributed by atoms with Gasteiger partial charge in [0.15, 0.2) is 0 Å². The molecule has 1 saturated heterocycles. The van der Waals surface area contributed by atoms with E-state index in [4.69, 9.17) is 0 Å². The van der Waals surface area contributed by atoms with Crippen LogP contribution in [0, 0.1) is 0 Å².